The van der Waals surface area contributed by atoms with Gasteiger partial charge >= 0.3 is 6.18 Å². The molecule has 5 rings (SSSR count). The Morgan fingerprint density at radius 2 is 1.97 bits per heavy atom. The Kier molecular flexibility index (Phi) is 4.49. The molecule has 1 amide bonds. The van der Waals surface area contributed by atoms with Gasteiger partial charge in [-0.15, -0.1) is 5.10 Å². The summed E-state index contributed by atoms with van der Waals surface area (Å²) in [6, 6.07) is 3.28. The number of aromatic amines is 1. The minimum Gasteiger partial charge on any atom is -0.380 e. The predicted octanol–water partition coefficient (Wildman–Crippen LogP) is 1.68. The third-order valence-corrected chi connectivity index (χ3v) is 6.80. The molecular weight excluding hydrogens is 429 g/mol. The van der Waals surface area contributed by atoms with Crippen molar-refractivity contribution < 1.29 is 23.1 Å². The number of carbonyl (C=O) groups is 1. The van der Waals surface area contributed by atoms with E-state index in [2.05, 4.69) is 15.2 Å². The van der Waals surface area contributed by atoms with E-state index in [9.17, 15) is 27.9 Å². The van der Waals surface area contributed by atoms with E-state index in [1.54, 1.807) is 25.3 Å². The van der Waals surface area contributed by atoms with E-state index in [1.165, 1.54) is 20.3 Å². The lowest BCUT2D eigenvalue weighted by Gasteiger charge is -2.53. The first kappa shape index (κ1) is 20.7. The highest BCUT2D eigenvalue weighted by Crippen LogP contribution is 2.51. The number of alkyl halides is 3. The maximum atomic E-state index is 13.7. The van der Waals surface area contributed by atoms with E-state index in [1.807, 2.05) is 0 Å². The number of halogens is 3. The normalized spacial score (nSPS) is 26.0. The maximum absolute atomic E-state index is 13.7. The molecule has 2 fully saturated rings. The summed E-state index contributed by atoms with van der Waals surface area (Å²) < 4.78 is 43.7. The molecule has 12 heteroatoms. The predicted molar refractivity (Wildman–Crippen MR) is 105 cm³/mol. The molecule has 2 N–H and O–H groups in total. The van der Waals surface area contributed by atoms with Gasteiger partial charge in [0.1, 0.15) is 5.52 Å². The van der Waals surface area contributed by atoms with Gasteiger partial charge in [-0.05, 0) is 31.9 Å². The molecule has 0 aromatic carbocycles. The summed E-state index contributed by atoms with van der Waals surface area (Å²) in [5, 5.41) is 19.0. The molecule has 1 saturated carbocycles. The van der Waals surface area contributed by atoms with Gasteiger partial charge in [0.25, 0.3) is 11.5 Å². The molecule has 170 valence electrons. The number of H-pyrrole nitrogens is 1. The van der Waals surface area contributed by atoms with Crippen LogP contribution in [0.3, 0.4) is 0 Å². The number of aliphatic hydroxyl groups is 1. The van der Waals surface area contributed by atoms with Crippen molar-refractivity contribution in [1.29, 1.82) is 0 Å². The van der Waals surface area contributed by atoms with E-state index >= 15 is 0 Å². The molecule has 2 unspecified atom stereocenters. The van der Waals surface area contributed by atoms with Crippen LogP contribution >= 0.6 is 0 Å². The van der Waals surface area contributed by atoms with Crippen molar-refractivity contribution in [2.75, 3.05) is 13.1 Å². The fourth-order valence-corrected chi connectivity index (χ4v) is 5.11. The first-order valence-corrected chi connectivity index (χ1v) is 10.3. The lowest BCUT2D eigenvalue weighted by molar-refractivity contribution is -0.318. The number of fused-ring (bicyclic) bond motifs is 3. The van der Waals surface area contributed by atoms with Crippen molar-refractivity contribution in [2.45, 2.75) is 38.0 Å². The van der Waals surface area contributed by atoms with Crippen molar-refractivity contribution >= 4 is 11.4 Å². The summed E-state index contributed by atoms with van der Waals surface area (Å²) in [7, 11) is 0. The minimum atomic E-state index is -4.74. The van der Waals surface area contributed by atoms with Crippen LogP contribution in [0.2, 0.25) is 0 Å². The third kappa shape index (κ3) is 2.89. The van der Waals surface area contributed by atoms with Crippen molar-refractivity contribution in [3.05, 3.63) is 46.1 Å². The molecule has 2 aliphatic rings. The van der Waals surface area contributed by atoms with Gasteiger partial charge in [0, 0.05) is 31.1 Å². The van der Waals surface area contributed by atoms with E-state index in [0.29, 0.717) is 17.6 Å². The van der Waals surface area contributed by atoms with Crippen LogP contribution in [0, 0.1) is 18.8 Å². The van der Waals surface area contributed by atoms with Crippen LogP contribution < -0.4 is 5.56 Å². The summed E-state index contributed by atoms with van der Waals surface area (Å²) in [6.45, 7) is 1.26. The first-order chi connectivity index (χ1) is 15.1. The number of nitrogens with zero attached hydrogens (tertiary/aromatic N) is 5. The highest BCUT2D eigenvalue weighted by Gasteiger charge is 2.65. The van der Waals surface area contributed by atoms with Crippen LogP contribution in [0.1, 0.15) is 35.3 Å². The molecule has 2 atom stereocenters. The Balaban J connectivity index is 1.45. The summed E-state index contributed by atoms with van der Waals surface area (Å²) in [4.78, 5) is 29.4. The summed E-state index contributed by atoms with van der Waals surface area (Å²) in [6.07, 6.45) is -0.820. The molecule has 9 nitrogen and oxygen atoms in total. The Hall–Kier alpha value is -3.15. The quantitative estimate of drug-likeness (QED) is 0.618. The van der Waals surface area contributed by atoms with Gasteiger partial charge < -0.3 is 10.0 Å². The lowest BCUT2D eigenvalue weighted by atomic mass is 9.65. The van der Waals surface area contributed by atoms with Crippen LogP contribution in [-0.4, -0.2) is 65.2 Å². The number of aromatic nitrogens is 5. The number of piperidine rings is 1. The average molecular weight is 450 g/mol. The van der Waals surface area contributed by atoms with Crippen LogP contribution in [0.15, 0.2) is 29.3 Å². The molecule has 1 aliphatic heterocycles. The second kappa shape index (κ2) is 6.92. The standard InChI is InChI=1S/C20H21F3N6O3/c1-11-14(8-24-29(11)18-25-16(30)15-6-3-7-28(15)26-18)17(31)27-9-12-4-2-5-13(10-27)19(12,32)20(21,22)23/h3,6-8,12-13,32H,2,4-5,9-10H2,1H3,(H,25,26,30). The SMILES string of the molecule is Cc1c(C(=O)N2CC3CCCC(C2)C3(O)C(F)(F)F)cnn1-c1nn2cccc2c(=O)[nH]1. The fourth-order valence-electron chi connectivity index (χ4n) is 5.11. The molecule has 0 radical (unpaired) electrons. The van der Waals surface area contributed by atoms with E-state index in [-0.39, 0.29) is 43.0 Å². The number of nitrogens with one attached hydrogen (secondary N) is 1. The van der Waals surface area contributed by atoms with Gasteiger partial charge in [-0.3, -0.25) is 14.6 Å². The molecule has 0 spiro atoms. The number of carbonyl (C=O) groups excluding carboxylic acids is 1. The number of rotatable bonds is 2. The molecule has 3 aromatic rings. The van der Waals surface area contributed by atoms with E-state index in [0.717, 1.165) is 0 Å². The van der Waals surface area contributed by atoms with Crippen LogP contribution in [-0.2, 0) is 0 Å². The molecule has 1 aliphatic carbocycles. The number of amides is 1. The Bertz CT molecular complexity index is 1250. The molecule has 3 aromatic heterocycles. The Morgan fingerprint density at radius 3 is 2.62 bits per heavy atom. The van der Waals surface area contributed by atoms with Gasteiger partial charge in [0.2, 0.25) is 5.95 Å². The Morgan fingerprint density at radius 1 is 1.28 bits per heavy atom. The maximum Gasteiger partial charge on any atom is 0.417 e. The molecule has 4 heterocycles. The highest BCUT2D eigenvalue weighted by atomic mass is 19.4. The van der Waals surface area contributed by atoms with Crippen molar-refractivity contribution in [1.82, 2.24) is 29.3 Å². The van der Waals surface area contributed by atoms with E-state index in [4.69, 9.17) is 0 Å². The van der Waals surface area contributed by atoms with Crippen LogP contribution in [0.4, 0.5) is 13.2 Å². The molecular formula is C20H21F3N6O3. The summed E-state index contributed by atoms with van der Waals surface area (Å²) in [5.74, 6) is -2.48. The fraction of sp³-hybridized carbons (Fsp3) is 0.500. The second-order valence-corrected chi connectivity index (χ2v) is 8.53. The van der Waals surface area contributed by atoms with Crippen LogP contribution in [0.25, 0.3) is 11.5 Å². The lowest BCUT2D eigenvalue weighted by Crippen LogP contribution is -2.67. The average Bonchev–Trinajstić information content (AvgIpc) is 3.33. The summed E-state index contributed by atoms with van der Waals surface area (Å²) >= 11 is 0. The van der Waals surface area contributed by atoms with Crippen molar-refractivity contribution in [2.24, 2.45) is 11.8 Å². The second-order valence-electron chi connectivity index (χ2n) is 8.53. The third-order valence-electron chi connectivity index (χ3n) is 6.80. The van der Waals surface area contributed by atoms with Crippen LogP contribution in [0.5, 0.6) is 0 Å². The minimum absolute atomic E-state index is 0.109. The largest absolute Gasteiger partial charge is 0.417 e. The van der Waals surface area contributed by atoms with Crippen molar-refractivity contribution in [3.63, 3.8) is 0 Å². The smallest absolute Gasteiger partial charge is 0.380 e. The van der Waals surface area contributed by atoms with Gasteiger partial charge in [-0.1, -0.05) is 6.42 Å². The Labute approximate surface area is 179 Å². The van der Waals surface area contributed by atoms with Gasteiger partial charge in [0.15, 0.2) is 5.60 Å². The topological polar surface area (TPSA) is 109 Å². The molecule has 1 saturated heterocycles. The first-order valence-electron chi connectivity index (χ1n) is 10.3. The number of hydrogen-bond acceptors (Lipinski definition) is 5. The van der Waals surface area contributed by atoms with Crippen molar-refractivity contribution in [3.8, 4) is 5.95 Å². The van der Waals surface area contributed by atoms with E-state index < -0.39 is 29.5 Å². The number of hydrogen-bond donors (Lipinski definition) is 2. The van der Waals surface area contributed by atoms with Gasteiger partial charge in [0.05, 0.1) is 17.5 Å². The zero-order valence-corrected chi connectivity index (χ0v) is 17.1. The summed E-state index contributed by atoms with van der Waals surface area (Å²) in [5.41, 5.74) is -2.19. The monoisotopic (exact) mass is 450 g/mol. The van der Waals surface area contributed by atoms with Gasteiger partial charge in [-0.2, -0.15) is 18.3 Å². The zero-order valence-electron chi connectivity index (χ0n) is 17.1. The molecule has 32 heavy (non-hydrogen) atoms. The number of likely N-dealkylation sites (tertiary alicyclic amines) is 1. The van der Waals surface area contributed by atoms with Gasteiger partial charge in [-0.25, -0.2) is 9.20 Å². The highest BCUT2D eigenvalue weighted by molar-refractivity contribution is 5.95. The molecule has 2 bridgehead atoms. The zero-order chi connectivity index (χ0) is 22.8.